The summed E-state index contributed by atoms with van der Waals surface area (Å²) in [6, 6.07) is 2.96. The summed E-state index contributed by atoms with van der Waals surface area (Å²) in [7, 11) is -0.320. The summed E-state index contributed by atoms with van der Waals surface area (Å²) in [5, 5.41) is 0. The zero-order chi connectivity index (χ0) is 9.28. The Bertz CT molecular complexity index is 61.3. The zero-order valence-corrected chi connectivity index (χ0v) is 11.6. The van der Waals surface area contributed by atoms with Crippen molar-refractivity contribution in [3.63, 3.8) is 0 Å². The number of rotatable bonds is 3. The Hall–Kier alpha value is 0.434. The van der Waals surface area contributed by atoms with E-state index in [2.05, 4.69) is 40.0 Å². The van der Waals surface area contributed by atoms with Gasteiger partial charge in [-0.05, 0) is 0 Å². The van der Waals surface area contributed by atoms with Gasteiger partial charge in [-0.15, -0.1) is 0 Å². The molecule has 0 amide bonds. The van der Waals surface area contributed by atoms with E-state index < -0.39 is 0 Å². The van der Waals surface area contributed by atoms with Crippen LogP contribution in [0.25, 0.3) is 0 Å². The van der Waals surface area contributed by atoms with Gasteiger partial charge in [-0.1, -0.05) is 80.8 Å². The Labute approximate surface area is 98.7 Å². The Balaban J connectivity index is -0.0000000321. The highest BCUT2D eigenvalue weighted by Crippen LogP contribution is 1.92. The lowest BCUT2D eigenvalue weighted by Crippen LogP contribution is -1.95. The second kappa shape index (κ2) is 23.3. The van der Waals surface area contributed by atoms with E-state index in [1.807, 2.05) is 0 Å². The largest absolute Gasteiger partial charge is 0.0776 e. The molecule has 0 saturated carbocycles. The van der Waals surface area contributed by atoms with Gasteiger partial charge < -0.3 is 0 Å². The molecule has 0 atom stereocenters. The van der Waals surface area contributed by atoms with E-state index >= 15 is 0 Å². The fraction of sp³-hybridized carbons (Fsp3) is 1.00. The molecule has 0 aromatic heterocycles. The molecule has 0 aromatic rings. The molecule has 94 valence electrons. The van der Waals surface area contributed by atoms with Crippen LogP contribution in [0, 0.1) is 0 Å². The van der Waals surface area contributed by atoms with Gasteiger partial charge in [0.2, 0.25) is 0 Å². The lowest BCUT2D eigenvalue weighted by atomic mass is 10.6. The average Bonchev–Trinajstić information content (AvgIpc) is 1.89. The summed E-state index contributed by atoms with van der Waals surface area (Å²) >= 11 is 0. The Kier molecular flexibility index (Phi) is 48.8. The average molecular weight is 239 g/mol. The first-order valence-corrected chi connectivity index (χ1v) is 11.3. The highest BCUT2D eigenvalue weighted by atomic mass is 28.3. The van der Waals surface area contributed by atoms with Crippen LogP contribution in [0.5, 0.6) is 0 Å². The molecular formula is C12H38Si2. The predicted octanol–water partition coefficient (Wildman–Crippen LogP) is 5.28. The maximum absolute atomic E-state index is 2.39. The van der Waals surface area contributed by atoms with Crippen molar-refractivity contribution >= 4 is 17.6 Å². The molecule has 0 aliphatic heterocycles. The van der Waals surface area contributed by atoms with Crippen LogP contribution in [0.4, 0.5) is 0 Å². The van der Waals surface area contributed by atoms with E-state index in [9.17, 15) is 0 Å². The smallest absolute Gasteiger partial charge is 0.0305 e. The summed E-state index contributed by atoms with van der Waals surface area (Å²) in [5.41, 5.74) is 0. The highest BCUT2D eigenvalue weighted by Gasteiger charge is 1.88. The Morgan fingerprint density at radius 1 is 0.714 bits per heavy atom. The third-order valence-electron chi connectivity index (χ3n) is 1.68. The van der Waals surface area contributed by atoms with Crippen LogP contribution in [-0.4, -0.2) is 17.6 Å². The van der Waals surface area contributed by atoms with Crippen LogP contribution in [0.1, 0.15) is 42.5 Å². The van der Waals surface area contributed by atoms with Crippen molar-refractivity contribution in [2.45, 2.75) is 80.8 Å². The molecule has 0 nitrogen and oxygen atoms in total. The van der Waals surface area contributed by atoms with E-state index in [0.717, 1.165) is 0 Å². The van der Waals surface area contributed by atoms with Gasteiger partial charge in [-0.2, -0.15) is 0 Å². The van der Waals surface area contributed by atoms with Crippen LogP contribution in [-0.2, 0) is 0 Å². The Morgan fingerprint density at radius 2 is 1.00 bits per heavy atom. The van der Waals surface area contributed by atoms with E-state index in [0.29, 0.717) is 0 Å². The summed E-state index contributed by atoms with van der Waals surface area (Å²) in [5.74, 6) is 0. The van der Waals surface area contributed by atoms with Crippen molar-refractivity contribution in [1.29, 1.82) is 0 Å². The van der Waals surface area contributed by atoms with Gasteiger partial charge in [0.05, 0.1) is 0 Å². The van der Waals surface area contributed by atoms with Gasteiger partial charge in [-0.3, -0.25) is 0 Å². The molecule has 0 bridgehead atoms. The maximum Gasteiger partial charge on any atom is 0.0305 e. The lowest BCUT2D eigenvalue weighted by molar-refractivity contribution is 1.06. The third-order valence-corrected chi connectivity index (χ3v) is 5.05. The molecule has 0 heterocycles. The minimum atomic E-state index is -0.171. The molecule has 0 spiro atoms. The van der Waals surface area contributed by atoms with Crippen LogP contribution >= 0.6 is 0 Å². The molecule has 0 aliphatic carbocycles. The molecule has 14 heavy (non-hydrogen) atoms. The second-order valence-electron chi connectivity index (χ2n) is 3.98. The van der Waals surface area contributed by atoms with Crippen LogP contribution in [0.15, 0.2) is 0 Å². The van der Waals surface area contributed by atoms with Crippen LogP contribution < -0.4 is 0 Å². The van der Waals surface area contributed by atoms with Crippen molar-refractivity contribution in [1.82, 2.24) is 0 Å². The van der Waals surface area contributed by atoms with E-state index in [-0.39, 0.29) is 39.9 Å². The molecular weight excluding hydrogens is 200 g/mol. The lowest BCUT2D eigenvalue weighted by Gasteiger charge is -1.93. The summed E-state index contributed by atoms with van der Waals surface area (Å²) in [4.78, 5) is 0. The maximum atomic E-state index is 2.39. The van der Waals surface area contributed by atoms with Crippen molar-refractivity contribution in [2.24, 2.45) is 0 Å². The normalized spacial score (nSPS) is 7.71. The zero-order valence-electron chi connectivity index (χ0n) is 9.28. The fourth-order valence-electron chi connectivity index (χ4n) is 0.577. The van der Waals surface area contributed by atoms with Gasteiger partial charge in [0, 0.05) is 17.6 Å². The number of hydrogen-bond donors (Lipinski definition) is 0. The quantitative estimate of drug-likeness (QED) is 0.587. The van der Waals surface area contributed by atoms with Gasteiger partial charge in [0.15, 0.2) is 0 Å². The van der Waals surface area contributed by atoms with Crippen molar-refractivity contribution in [3.05, 3.63) is 0 Å². The first-order chi connectivity index (χ1) is 5.04. The van der Waals surface area contributed by atoms with Gasteiger partial charge in [-0.25, -0.2) is 0 Å². The number of hydrogen-bond acceptors (Lipinski definition) is 0. The summed E-state index contributed by atoms with van der Waals surface area (Å²) < 4.78 is 0. The topological polar surface area (TPSA) is 0 Å². The van der Waals surface area contributed by atoms with Gasteiger partial charge in [0.1, 0.15) is 0 Å². The van der Waals surface area contributed by atoms with Gasteiger partial charge >= 0.3 is 0 Å². The second-order valence-corrected chi connectivity index (χ2v) is 11.0. The van der Waals surface area contributed by atoms with E-state index in [1.165, 1.54) is 18.5 Å². The predicted molar refractivity (Wildman–Crippen MR) is 83.5 cm³/mol. The van der Waals surface area contributed by atoms with Crippen LogP contribution in [0.2, 0.25) is 38.3 Å². The first-order valence-electron chi connectivity index (χ1n) is 5.04. The molecule has 0 aromatic carbocycles. The molecule has 0 fully saturated rings. The fourth-order valence-corrected chi connectivity index (χ4v) is 1.73. The minimum absolute atomic E-state index is 0. The van der Waals surface area contributed by atoms with Crippen LogP contribution in [0.3, 0.4) is 0 Å². The molecule has 0 unspecified atom stereocenters. The molecule has 0 aliphatic rings. The third kappa shape index (κ3) is 55.1. The van der Waals surface area contributed by atoms with Crippen molar-refractivity contribution < 1.29 is 0 Å². The molecule has 0 saturated heterocycles. The molecule has 2 heteroatoms. The first kappa shape index (κ1) is 29.3. The standard InChI is InChI=1S/C5H14Si.C4H12Si.3CH4/c1-4-5-6(2)3;1-4-5(2)3;;;/h6H,4-5H2,1-3H3;5H,4H2,1-3H3;3*1H4. The monoisotopic (exact) mass is 238 g/mol. The highest BCUT2D eigenvalue weighted by molar-refractivity contribution is 6.55. The van der Waals surface area contributed by atoms with E-state index in [4.69, 9.17) is 0 Å². The SMILES string of the molecule is C.C.C.CCC[SiH](C)C.CC[SiH](C)C. The van der Waals surface area contributed by atoms with E-state index in [1.54, 1.807) is 0 Å². The molecule has 0 rings (SSSR count). The minimum Gasteiger partial charge on any atom is -0.0776 e. The van der Waals surface area contributed by atoms with Gasteiger partial charge in [0.25, 0.3) is 0 Å². The summed E-state index contributed by atoms with van der Waals surface area (Å²) in [6.45, 7) is 14.0. The van der Waals surface area contributed by atoms with Crippen molar-refractivity contribution in [2.75, 3.05) is 0 Å². The Morgan fingerprint density at radius 3 is 1.00 bits per heavy atom. The molecule has 0 radical (unpaired) electrons. The molecule has 0 N–H and O–H groups in total. The summed E-state index contributed by atoms with van der Waals surface area (Å²) in [6.07, 6.45) is 1.39. The van der Waals surface area contributed by atoms with Crippen molar-refractivity contribution in [3.8, 4) is 0 Å².